The molecule has 15 heavy (non-hydrogen) atoms. The lowest BCUT2D eigenvalue weighted by Gasteiger charge is -2.07. The molecule has 1 N–H and O–H groups in total. The largest absolute Gasteiger partial charge is 0.476 e. The zero-order valence-corrected chi connectivity index (χ0v) is 7.28. The molecule has 6 heteroatoms. The zero-order valence-electron chi connectivity index (χ0n) is 7.28. The molecule has 0 aromatic heterocycles. The highest BCUT2D eigenvalue weighted by atomic mass is 19.1. The number of carboxylic acids is 1. The Balaban J connectivity index is 2.85. The van der Waals surface area contributed by atoms with Crippen molar-refractivity contribution in [2.45, 2.75) is 6.36 Å². The monoisotopic (exact) mass is 213 g/mol. The van der Waals surface area contributed by atoms with Gasteiger partial charge in [-0.1, -0.05) is 0 Å². The Kier molecular flexibility index (Phi) is 3.18. The van der Waals surface area contributed by atoms with Crippen LogP contribution in [0.15, 0.2) is 18.2 Å². The van der Waals surface area contributed by atoms with E-state index in [1.54, 1.807) is 6.07 Å². The van der Waals surface area contributed by atoms with Crippen LogP contribution in [0.4, 0.5) is 8.78 Å². The molecule has 4 nitrogen and oxygen atoms in total. The molecule has 1 rings (SSSR count). The van der Waals surface area contributed by atoms with Crippen LogP contribution in [0.2, 0.25) is 0 Å². The lowest BCUT2D eigenvalue weighted by Crippen LogP contribution is -2.21. The summed E-state index contributed by atoms with van der Waals surface area (Å²) in [6.07, 6.45) is -2.56. The van der Waals surface area contributed by atoms with Crippen LogP contribution in [0.3, 0.4) is 0 Å². The van der Waals surface area contributed by atoms with Gasteiger partial charge in [0, 0.05) is 6.07 Å². The third-order valence-corrected chi connectivity index (χ3v) is 1.49. The number of nitriles is 1. The number of hydrogen-bond donors (Lipinski definition) is 1. The summed E-state index contributed by atoms with van der Waals surface area (Å²) in [5, 5.41) is 16.5. The SMILES string of the molecule is N#Cc1ccc(OC(F)C(=O)O)cc1F. The molecule has 0 spiro atoms. The molecule has 0 aliphatic rings. The van der Waals surface area contributed by atoms with Gasteiger partial charge >= 0.3 is 12.3 Å². The van der Waals surface area contributed by atoms with Crippen molar-refractivity contribution >= 4 is 5.97 Å². The second-order valence-corrected chi connectivity index (χ2v) is 2.53. The Morgan fingerprint density at radius 1 is 1.60 bits per heavy atom. The number of nitrogens with zero attached hydrogens (tertiary/aromatic N) is 1. The van der Waals surface area contributed by atoms with Gasteiger partial charge in [-0.3, -0.25) is 0 Å². The summed E-state index contributed by atoms with van der Waals surface area (Å²) >= 11 is 0. The van der Waals surface area contributed by atoms with Gasteiger partial charge in [-0.25, -0.2) is 9.18 Å². The number of hydrogen-bond acceptors (Lipinski definition) is 3. The molecular formula is C9H5F2NO3. The maximum Gasteiger partial charge on any atom is 0.378 e. The summed E-state index contributed by atoms with van der Waals surface area (Å²) in [5.74, 6) is -2.99. The number of benzene rings is 1. The van der Waals surface area contributed by atoms with Crippen LogP contribution in [-0.2, 0) is 4.79 Å². The van der Waals surface area contributed by atoms with Crippen LogP contribution in [0.5, 0.6) is 5.75 Å². The first-order chi connectivity index (χ1) is 7.04. The summed E-state index contributed by atoms with van der Waals surface area (Å²) in [6.45, 7) is 0. The van der Waals surface area contributed by atoms with E-state index in [1.807, 2.05) is 0 Å². The van der Waals surface area contributed by atoms with Crippen molar-refractivity contribution in [3.8, 4) is 11.8 Å². The van der Waals surface area contributed by atoms with E-state index >= 15 is 0 Å². The van der Waals surface area contributed by atoms with Crippen molar-refractivity contribution in [3.05, 3.63) is 29.6 Å². The number of halogens is 2. The van der Waals surface area contributed by atoms with Gasteiger partial charge in [0.2, 0.25) is 0 Å². The average Bonchev–Trinajstić information content (AvgIpc) is 2.18. The molecule has 1 atom stereocenters. The van der Waals surface area contributed by atoms with Gasteiger partial charge in [-0.2, -0.15) is 9.65 Å². The van der Waals surface area contributed by atoms with Gasteiger partial charge in [0.15, 0.2) is 0 Å². The third-order valence-electron chi connectivity index (χ3n) is 1.49. The van der Waals surface area contributed by atoms with E-state index in [-0.39, 0.29) is 11.3 Å². The van der Waals surface area contributed by atoms with Crippen LogP contribution in [0, 0.1) is 17.1 Å². The molecule has 78 valence electrons. The molecule has 1 aromatic carbocycles. The van der Waals surface area contributed by atoms with E-state index in [9.17, 15) is 13.6 Å². The minimum atomic E-state index is -2.56. The van der Waals surface area contributed by atoms with Crippen LogP contribution >= 0.6 is 0 Å². The molecule has 0 aliphatic heterocycles. The molecule has 0 fully saturated rings. The summed E-state index contributed by atoms with van der Waals surface area (Å²) in [5.41, 5.74) is -0.229. The first kappa shape index (κ1) is 10.9. The molecular weight excluding hydrogens is 208 g/mol. The fourth-order valence-electron chi connectivity index (χ4n) is 0.830. The normalized spacial score (nSPS) is 11.5. The van der Waals surface area contributed by atoms with Gasteiger partial charge in [0.25, 0.3) is 0 Å². The maximum atomic E-state index is 12.9. The fraction of sp³-hybridized carbons (Fsp3) is 0.111. The lowest BCUT2D eigenvalue weighted by atomic mass is 10.2. The van der Waals surface area contributed by atoms with E-state index in [0.29, 0.717) is 0 Å². The van der Waals surface area contributed by atoms with Crippen LogP contribution in [-0.4, -0.2) is 17.4 Å². The van der Waals surface area contributed by atoms with Crippen molar-refractivity contribution in [2.75, 3.05) is 0 Å². The number of alkyl halides is 1. The quantitative estimate of drug-likeness (QED) is 0.824. The molecule has 0 aliphatic carbocycles. The van der Waals surface area contributed by atoms with Gasteiger partial charge < -0.3 is 9.84 Å². The Bertz CT molecular complexity index is 428. The molecule has 0 amide bonds. The number of aliphatic carboxylic acids is 1. The highest BCUT2D eigenvalue weighted by molar-refractivity contribution is 5.70. The summed E-state index contributed by atoms with van der Waals surface area (Å²) in [7, 11) is 0. The predicted molar refractivity (Wildman–Crippen MR) is 44.3 cm³/mol. The van der Waals surface area contributed by atoms with Crippen molar-refractivity contribution < 1.29 is 23.4 Å². The smallest absolute Gasteiger partial charge is 0.378 e. The highest BCUT2D eigenvalue weighted by Crippen LogP contribution is 2.17. The Morgan fingerprint density at radius 2 is 2.27 bits per heavy atom. The van der Waals surface area contributed by atoms with Crippen molar-refractivity contribution in [3.63, 3.8) is 0 Å². The van der Waals surface area contributed by atoms with Crippen molar-refractivity contribution in [1.29, 1.82) is 5.26 Å². The second kappa shape index (κ2) is 4.37. The van der Waals surface area contributed by atoms with Crippen LogP contribution < -0.4 is 4.74 Å². The first-order valence-electron chi connectivity index (χ1n) is 3.78. The Hall–Kier alpha value is -2.16. The molecule has 0 heterocycles. The lowest BCUT2D eigenvalue weighted by molar-refractivity contribution is -0.153. The average molecular weight is 213 g/mol. The number of ether oxygens (including phenoxy) is 1. The number of carboxylic acid groups (broad SMARTS) is 1. The Labute approximate surface area is 83.3 Å². The second-order valence-electron chi connectivity index (χ2n) is 2.53. The summed E-state index contributed by atoms with van der Waals surface area (Å²) < 4.78 is 29.7. The standard InChI is InChI=1S/C9H5F2NO3/c10-7-3-6(2-1-5(7)4-12)15-8(11)9(13)14/h1-3,8H,(H,13,14). The number of rotatable bonds is 3. The maximum absolute atomic E-state index is 12.9. The van der Waals surface area contributed by atoms with Gasteiger partial charge in [-0.05, 0) is 12.1 Å². The summed E-state index contributed by atoms with van der Waals surface area (Å²) in [4.78, 5) is 10.1. The van der Waals surface area contributed by atoms with Crippen molar-refractivity contribution in [1.82, 2.24) is 0 Å². The van der Waals surface area contributed by atoms with Crippen LogP contribution in [0.1, 0.15) is 5.56 Å². The van der Waals surface area contributed by atoms with Gasteiger partial charge in [0.1, 0.15) is 17.6 Å². The zero-order chi connectivity index (χ0) is 11.4. The van der Waals surface area contributed by atoms with Crippen LogP contribution in [0.25, 0.3) is 0 Å². The highest BCUT2D eigenvalue weighted by Gasteiger charge is 2.17. The van der Waals surface area contributed by atoms with Gasteiger partial charge in [-0.15, -0.1) is 0 Å². The minimum Gasteiger partial charge on any atom is -0.476 e. The number of carbonyl (C=O) groups is 1. The third kappa shape index (κ3) is 2.64. The molecule has 0 saturated carbocycles. The minimum absolute atomic E-state index is 0.229. The van der Waals surface area contributed by atoms with E-state index < -0.39 is 18.1 Å². The molecule has 0 bridgehead atoms. The first-order valence-corrected chi connectivity index (χ1v) is 3.78. The molecule has 1 unspecified atom stereocenters. The van der Waals surface area contributed by atoms with E-state index in [2.05, 4.69) is 4.74 Å². The topological polar surface area (TPSA) is 70.3 Å². The summed E-state index contributed by atoms with van der Waals surface area (Å²) in [6, 6.07) is 4.48. The predicted octanol–water partition coefficient (Wildman–Crippen LogP) is 1.46. The van der Waals surface area contributed by atoms with Gasteiger partial charge in [0.05, 0.1) is 5.56 Å². The van der Waals surface area contributed by atoms with Crippen molar-refractivity contribution in [2.24, 2.45) is 0 Å². The van der Waals surface area contributed by atoms with E-state index in [4.69, 9.17) is 10.4 Å². The molecule has 1 aromatic rings. The molecule has 0 radical (unpaired) electrons. The fourth-order valence-corrected chi connectivity index (χ4v) is 0.830. The van der Waals surface area contributed by atoms with E-state index in [0.717, 1.165) is 18.2 Å². The van der Waals surface area contributed by atoms with E-state index in [1.165, 1.54) is 0 Å². The Morgan fingerprint density at radius 3 is 2.73 bits per heavy atom. The molecule has 0 saturated heterocycles.